The molecule has 0 aliphatic heterocycles. The average molecular weight is 630 g/mol. The van der Waals surface area contributed by atoms with Gasteiger partial charge in [0.25, 0.3) is 11.8 Å². The lowest BCUT2D eigenvalue weighted by molar-refractivity contribution is 0.0993. The minimum Gasteiger partial charge on any atom is -0.366 e. The molecule has 4 aromatic rings. The number of rotatable bonds is 3. The van der Waals surface area contributed by atoms with Gasteiger partial charge in [-0.15, -0.1) is 0 Å². The molecular formula is C20H15Br2IN4O2. The zero-order valence-corrected chi connectivity index (χ0v) is 20.2. The van der Waals surface area contributed by atoms with Gasteiger partial charge in [-0.25, -0.2) is 0 Å². The van der Waals surface area contributed by atoms with Crippen molar-refractivity contribution in [1.29, 1.82) is 0 Å². The molecule has 2 aromatic heterocycles. The van der Waals surface area contributed by atoms with E-state index in [1.807, 2.05) is 24.3 Å². The standard InChI is InChI=1S/C11H9BrN2O.C9H6BrIN2O/c1-2-6-5-8-9(12)4-3-7(11(13)15)10(8)14-6;10-6-2-1-4(9(12)14)8-5(6)3-7(11)13-8/h2-5,14H,1H2,(H2,13,15);1-3,13H,(H2,12,14). The third-order valence-electron chi connectivity index (χ3n) is 4.22. The zero-order valence-electron chi connectivity index (χ0n) is 14.9. The lowest BCUT2D eigenvalue weighted by Crippen LogP contribution is -2.11. The SMILES string of the molecule is C=Cc1cc2c(Br)ccc(C(N)=O)c2[nH]1.NC(=O)c1ccc(Br)c2cc(I)[nH]c12. The van der Waals surface area contributed by atoms with Crippen LogP contribution >= 0.6 is 54.5 Å². The Morgan fingerprint density at radius 2 is 1.38 bits per heavy atom. The van der Waals surface area contributed by atoms with E-state index in [1.54, 1.807) is 18.2 Å². The Hall–Kier alpha value is -2.11. The molecule has 9 heteroatoms. The van der Waals surface area contributed by atoms with E-state index in [1.165, 1.54) is 0 Å². The maximum absolute atomic E-state index is 11.2. The van der Waals surface area contributed by atoms with E-state index in [2.05, 4.69) is 71.0 Å². The van der Waals surface area contributed by atoms with Crippen molar-refractivity contribution in [3.05, 3.63) is 72.4 Å². The van der Waals surface area contributed by atoms with E-state index < -0.39 is 11.8 Å². The van der Waals surface area contributed by atoms with Crippen LogP contribution in [-0.2, 0) is 0 Å². The summed E-state index contributed by atoms with van der Waals surface area (Å²) in [6.07, 6.45) is 1.69. The molecule has 0 bridgehead atoms. The molecular weight excluding hydrogens is 615 g/mol. The second-order valence-corrected chi connectivity index (χ2v) is 8.91. The number of nitrogens with one attached hydrogen (secondary N) is 2. The first-order valence-electron chi connectivity index (χ1n) is 8.23. The van der Waals surface area contributed by atoms with Crippen LogP contribution in [0.5, 0.6) is 0 Å². The van der Waals surface area contributed by atoms with Gasteiger partial charge in [-0.1, -0.05) is 38.4 Å². The minimum absolute atomic E-state index is 0.416. The van der Waals surface area contributed by atoms with Gasteiger partial charge >= 0.3 is 0 Å². The fraction of sp³-hybridized carbons (Fsp3) is 0. The first kappa shape index (κ1) is 21.6. The van der Waals surface area contributed by atoms with Crippen molar-refractivity contribution in [2.75, 3.05) is 0 Å². The molecule has 4 rings (SSSR count). The summed E-state index contributed by atoms with van der Waals surface area (Å²) in [6.45, 7) is 3.67. The highest BCUT2D eigenvalue weighted by Gasteiger charge is 2.12. The number of hydrogen-bond acceptors (Lipinski definition) is 2. The molecule has 0 aliphatic carbocycles. The number of primary amides is 2. The van der Waals surface area contributed by atoms with Crippen LogP contribution in [0.25, 0.3) is 27.9 Å². The molecule has 0 atom stereocenters. The van der Waals surface area contributed by atoms with E-state index in [0.717, 1.165) is 40.1 Å². The molecule has 0 unspecified atom stereocenters. The predicted molar refractivity (Wildman–Crippen MR) is 132 cm³/mol. The van der Waals surface area contributed by atoms with E-state index in [9.17, 15) is 9.59 Å². The fourth-order valence-corrected chi connectivity index (χ4v) is 4.35. The highest BCUT2D eigenvalue weighted by molar-refractivity contribution is 14.1. The second kappa shape index (κ2) is 8.72. The number of halogens is 3. The Kier molecular flexibility index (Phi) is 6.49. The molecule has 148 valence electrons. The Labute approximate surface area is 196 Å². The molecule has 2 aromatic carbocycles. The lowest BCUT2D eigenvalue weighted by Gasteiger charge is -1.99. The van der Waals surface area contributed by atoms with Gasteiger partial charge < -0.3 is 21.4 Å². The van der Waals surface area contributed by atoms with Crippen LogP contribution < -0.4 is 11.5 Å². The Morgan fingerprint density at radius 1 is 0.897 bits per heavy atom. The van der Waals surface area contributed by atoms with Crippen LogP contribution in [0.4, 0.5) is 0 Å². The molecule has 0 spiro atoms. The highest BCUT2D eigenvalue weighted by atomic mass is 127. The van der Waals surface area contributed by atoms with Crippen molar-refractivity contribution in [3.63, 3.8) is 0 Å². The van der Waals surface area contributed by atoms with Crippen LogP contribution in [0.3, 0.4) is 0 Å². The van der Waals surface area contributed by atoms with E-state index >= 15 is 0 Å². The lowest BCUT2D eigenvalue weighted by atomic mass is 10.1. The molecule has 6 nitrogen and oxygen atoms in total. The minimum atomic E-state index is -0.440. The van der Waals surface area contributed by atoms with Crippen LogP contribution in [0.15, 0.2) is 51.9 Å². The summed E-state index contributed by atoms with van der Waals surface area (Å²) in [5.41, 5.74) is 13.9. The van der Waals surface area contributed by atoms with Gasteiger partial charge in [0.2, 0.25) is 0 Å². The van der Waals surface area contributed by atoms with Crippen molar-refractivity contribution in [1.82, 2.24) is 9.97 Å². The normalized spacial score (nSPS) is 10.6. The first-order valence-corrected chi connectivity index (χ1v) is 10.9. The summed E-state index contributed by atoms with van der Waals surface area (Å²) in [4.78, 5) is 28.5. The third-order valence-corrected chi connectivity index (χ3v) is 6.18. The van der Waals surface area contributed by atoms with Crippen molar-refractivity contribution >= 4 is 94.1 Å². The molecule has 29 heavy (non-hydrogen) atoms. The summed E-state index contributed by atoms with van der Waals surface area (Å²) in [6, 6.07) is 10.9. The van der Waals surface area contributed by atoms with Gasteiger partial charge in [0.05, 0.1) is 25.9 Å². The molecule has 2 heterocycles. The summed E-state index contributed by atoms with van der Waals surface area (Å²) in [7, 11) is 0. The molecule has 0 aliphatic rings. The zero-order chi connectivity index (χ0) is 21.3. The Morgan fingerprint density at radius 3 is 1.86 bits per heavy atom. The van der Waals surface area contributed by atoms with Gasteiger partial charge in [0.1, 0.15) is 0 Å². The van der Waals surface area contributed by atoms with Crippen LogP contribution in [0.1, 0.15) is 26.4 Å². The number of nitrogens with two attached hydrogens (primary N) is 2. The summed E-state index contributed by atoms with van der Waals surface area (Å²) >= 11 is 9.00. The van der Waals surface area contributed by atoms with Crippen molar-refractivity contribution in [2.45, 2.75) is 0 Å². The maximum atomic E-state index is 11.2. The predicted octanol–water partition coefficient (Wildman–Crippen LogP) is 5.31. The van der Waals surface area contributed by atoms with Gasteiger partial charge in [-0.3, -0.25) is 9.59 Å². The van der Waals surface area contributed by atoms with Gasteiger partial charge in [0.15, 0.2) is 0 Å². The second-order valence-electron chi connectivity index (χ2n) is 6.04. The molecule has 0 saturated heterocycles. The quantitative estimate of drug-likeness (QED) is 0.230. The van der Waals surface area contributed by atoms with E-state index in [4.69, 9.17) is 11.5 Å². The van der Waals surface area contributed by atoms with E-state index in [-0.39, 0.29) is 0 Å². The number of aromatic nitrogens is 2. The Bertz CT molecular complexity index is 1280. The maximum Gasteiger partial charge on any atom is 0.250 e. The van der Waals surface area contributed by atoms with Gasteiger partial charge in [-0.2, -0.15) is 0 Å². The largest absolute Gasteiger partial charge is 0.366 e. The number of hydrogen-bond donors (Lipinski definition) is 4. The van der Waals surface area contributed by atoms with Crippen molar-refractivity contribution < 1.29 is 9.59 Å². The highest BCUT2D eigenvalue weighted by Crippen LogP contribution is 2.28. The smallest absolute Gasteiger partial charge is 0.250 e. The van der Waals surface area contributed by atoms with Crippen LogP contribution in [0, 0.1) is 3.70 Å². The number of carbonyl (C=O) groups is 2. The number of benzene rings is 2. The topological polar surface area (TPSA) is 118 Å². The van der Waals surface area contributed by atoms with Crippen molar-refractivity contribution in [3.8, 4) is 0 Å². The number of H-pyrrole nitrogens is 2. The number of carbonyl (C=O) groups excluding carboxylic acids is 2. The average Bonchev–Trinajstić information content (AvgIpc) is 3.26. The Balaban J connectivity index is 0.000000166. The first-order chi connectivity index (χ1) is 13.7. The third kappa shape index (κ3) is 4.41. The van der Waals surface area contributed by atoms with E-state index in [0.29, 0.717) is 11.1 Å². The van der Waals surface area contributed by atoms with Crippen molar-refractivity contribution in [2.24, 2.45) is 11.5 Å². The number of fused-ring (bicyclic) bond motifs is 2. The van der Waals surface area contributed by atoms with Gasteiger partial charge in [0, 0.05) is 25.4 Å². The van der Waals surface area contributed by atoms with Crippen LogP contribution in [-0.4, -0.2) is 21.8 Å². The molecule has 0 fully saturated rings. The molecule has 2 amide bonds. The monoisotopic (exact) mass is 628 g/mol. The molecule has 0 saturated carbocycles. The summed E-state index contributed by atoms with van der Waals surface area (Å²) in [5.74, 6) is -0.856. The number of aromatic amines is 2. The van der Waals surface area contributed by atoms with Gasteiger partial charge in [-0.05, 0) is 65.1 Å². The summed E-state index contributed by atoms with van der Waals surface area (Å²) < 4.78 is 2.86. The van der Waals surface area contributed by atoms with Crippen LogP contribution in [0.2, 0.25) is 0 Å². The number of amides is 2. The fourth-order valence-electron chi connectivity index (χ4n) is 2.88. The molecule has 6 N–H and O–H groups in total. The summed E-state index contributed by atoms with van der Waals surface area (Å²) in [5, 5.41) is 1.91. The molecule has 0 radical (unpaired) electrons.